The van der Waals surface area contributed by atoms with Crippen LogP contribution in [0.1, 0.15) is 26.3 Å². The molecule has 1 aromatic heterocycles. The Bertz CT molecular complexity index is 378. The molecule has 2 N–H and O–H groups in total. The average molecular weight is 238 g/mol. The second kappa shape index (κ2) is 5.21. The van der Waals surface area contributed by atoms with Gasteiger partial charge in [-0.3, -0.25) is 0 Å². The van der Waals surface area contributed by atoms with E-state index in [2.05, 4.69) is 35.9 Å². The van der Waals surface area contributed by atoms with Crippen LogP contribution in [0, 0.1) is 5.92 Å². The maximum absolute atomic E-state index is 5.67. The molecule has 1 rings (SSSR count). The Morgan fingerprint density at radius 1 is 1.44 bits per heavy atom. The van der Waals surface area contributed by atoms with Crippen molar-refractivity contribution in [2.45, 2.75) is 26.8 Å². The lowest BCUT2D eigenvalue weighted by atomic mass is 10.0. The molecule has 5 heteroatoms. The molecule has 1 unspecified atom stereocenters. The van der Waals surface area contributed by atoms with Crippen molar-refractivity contribution in [3.8, 4) is 0 Å². The third-order valence-corrected chi connectivity index (χ3v) is 3.10. The summed E-state index contributed by atoms with van der Waals surface area (Å²) < 4.78 is 0. The lowest BCUT2D eigenvalue weighted by Crippen LogP contribution is -2.35. The second-order valence-electron chi connectivity index (χ2n) is 4.23. The molecule has 0 aromatic carbocycles. The van der Waals surface area contributed by atoms with Gasteiger partial charge in [0.25, 0.3) is 0 Å². The summed E-state index contributed by atoms with van der Waals surface area (Å²) in [6.07, 6.45) is 1.60. The smallest absolute Gasteiger partial charge is 0.161 e. The van der Waals surface area contributed by atoms with Crippen molar-refractivity contribution < 1.29 is 0 Å². The topological polar surface area (TPSA) is 55.0 Å². The first-order chi connectivity index (χ1) is 7.45. The Labute approximate surface area is 102 Å². The second-order valence-corrected chi connectivity index (χ2v) is 4.67. The first-order valence-corrected chi connectivity index (χ1v) is 5.70. The Morgan fingerprint density at radius 3 is 2.56 bits per heavy atom. The van der Waals surface area contributed by atoms with Crippen LogP contribution in [0.15, 0.2) is 12.3 Å². The van der Waals surface area contributed by atoms with Crippen molar-refractivity contribution in [3.05, 3.63) is 17.8 Å². The van der Waals surface area contributed by atoms with E-state index in [0.717, 1.165) is 11.4 Å². The summed E-state index contributed by atoms with van der Waals surface area (Å²) in [4.78, 5) is 2.42. The molecule has 1 aromatic rings. The van der Waals surface area contributed by atoms with Gasteiger partial charge < -0.3 is 10.6 Å². The van der Waals surface area contributed by atoms with Crippen molar-refractivity contribution in [2.75, 3.05) is 11.9 Å². The van der Waals surface area contributed by atoms with Gasteiger partial charge in [0.15, 0.2) is 5.82 Å². The summed E-state index contributed by atoms with van der Waals surface area (Å²) in [5.74, 6) is 1.27. The lowest BCUT2D eigenvalue weighted by molar-refractivity contribution is 0.501. The summed E-state index contributed by atoms with van der Waals surface area (Å²) in [5.41, 5.74) is 6.44. The summed E-state index contributed by atoms with van der Waals surface area (Å²) in [6.45, 7) is 6.47. The van der Waals surface area contributed by atoms with Gasteiger partial charge in [-0.1, -0.05) is 26.1 Å². The normalized spacial score (nSPS) is 12.6. The molecule has 0 bridgehead atoms. The molecule has 88 valence electrons. The van der Waals surface area contributed by atoms with Crippen LogP contribution >= 0.6 is 12.2 Å². The quantitative estimate of drug-likeness (QED) is 0.807. The monoisotopic (exact) mass is 238 g/mol. The number of aromatic nitrogens is 2. The fraction of sp³-hybridized carbons (Fsp3) is 0.545. The number of hydrogen-bond acceptors (Lipinski definition) is 4. The largest absolute Gasteiger partial charge is 0.389 e. The molecule has 4 nitrogen and oxygen atoms in total. The first-order valence-electron chi connectivity index (χ1n) is 5.29. The van der Waals surface area contributed by atoms with Crippen LogP contribution in [0.2, 0.25) is 0 Å². The average Bonchev–Trinajstić information content (AvgIpc) is 2.26. The molecule has 0 aliphatic heterocycles. The molecule has 0 saturated heterocycles. The van der Waals surface area contributed by atoms with Gasteiger partial charge >= 0.3 is 0 Å². The van der Waals surface area contributed by atoms with Crippen LogP contribution in [-0.4, -0.2) is 28.3 Å². The zero-order valence-corrected chi connectivity index (χ0v) is 11.0. The molecule has 1 atom stereocenters. The highest BCUT2D eigenvalue weighted by Crippen LogP contribution is 2.20. The van der Waals surface area contributed by atoms with Gasteiger partial charge in [0, 0.05) is 13.1 Å². The van der Waals surface area contributed by atoms with E-state index in [1.165, 1.54) is 0 Å². The summed E-state index contributed by atoms with van der Waals surface area (Å²) in [5, 5.41) is 8.00. The van der Waals surface area contributed by atoms with E-state index in [1.807, 2.05) is 7.05 Å². The summed E-state index contributed by atoms with van der Waals surface area (Å²) in [6, 6.07) is 2.15. The fourth-order valence-corrected chi connectivity index (χ4v) is 1.58. The molecule has 16 heavy (non-hydrogen) atoms. The number of rotatable bonds is 4. The van der Waals surface area contributed by atoms with Crippen molar-refractivity contribution in [1.29, 1.82) is 0 Å². The van der Waals surface area contributed by atoms with Gasteiger partial charge in [-0.2, -0.15) is 5.10 Å². The minimum absolute atomic E-state index is 0.352. The van der Waals surface area contributed by atoms with Crippen LogP contribution in [0.3, 0.4) is 0 Å². The van der Waals surface area contributed by atoms with E-state index in [4.69, 9.17) is 18.0 Å². The molecule has 0 fully saturated rings. The molecule has 1 heterocycles. The third kappa shape index (κ3) is 2.66. The van der Waals surface area contributed by atoms with Gasteiger partial charge in [-0.15, -0.1) is 5.10 Å². The Morgan fingerprint density at radius 2 is 2.06 bits per heavy atom. The Hall–Kier alpha value is -1.23. The highest BCUT2D eigenvalue weighted by Gasteiger charge is 2.18. The zero-order chi connectivity index (χ0) is 12.3. The molecule has 0 radical (unpaired) electrons. The van der Waals surface area contributed by atoms with E-state index in [1.54, 1.807) is 12.3 Å². The van der Waals surface area contributed by atoms with Crippen LogP contribution in [0.25, 0.3) is 0 Å². The summed E-state index contributed by atoms with van der Waals surface area (Å²) in [7, 11) is 1.98. The minimum Gasteiger partial charge on any atom is -0.389 e. The number of nitrogens with zero attached hydrogens (tertiary/aromatic N) is 3. The molecule has 0 amide bonds. The van der Waals surface area contributed by atoms with Gasteiger partial charge in [0.05, 0.1) is 11.8 Å². The molecular formula is C11H18N4S. The molecule has 0 aliphatic rings. The fourth-order valence-electron chi connectivity index (χ4n) is 1.42. The van der Waals surface area contributed by atoms with Gasteiger partial charge in [0.1, 0.15) is 4.99 Å². The standard InChI is InChI=1S/C11H18N4S/c1-7(2)8(3)15(4)11-9(10(12)16)5-6-13-14-11/h5-8H,1-4H3,(H2,12,16). The predicted octanol–water partition coefficient (Wildman–Crippen LogP) is 1.59. The van der Waals surface area contributed by atoms with Crippen LogP contribution in [-0.2, 0) is 0 Å². The number of anilines is 1. The molecular weight excluding hydrogens is 220 g/mol. The number of thiocarbonyl (C=S) groups is 1. The van der Waals surface area contributed by atoms with E-state index in [0.29, 0.717) is 16.9 Å². The van der Waals surface area contributed by atoms with Crippen molar-refractivity contribution in [3.63, 3.8) is 0 Å². The van der Waals surface area contributed by atoms with Gasteiger partial charge in [-0.25, -0.2) is 0 Å². The van der Waals surface area contributed by atoms with Crippen LogP contribution in [0.4, 0.5) is 5.82 Å². The van der Waals surface area contributed by atoms with Gasteiger partial charge in [0.2, 0.25) is 0 Å². The van der Waals surface area contributed by atoms with E-state index in [9.17, 15) is 0 Å². The predicted molar refractivity (Wildman–Crippen MR) is 70.6 cm³/mol. The number of nitrogens with two attached hydrogens (primary N) is 1. The molecule has 0 spiro atoms. The Kier molecular flexibility index (Phi) is 4.18. The molecule has 0 saturated carbocycles. The van der Waals surface area contributed by atoms with E-state index in [-0.39, 0.29) is 0 Å². The van der Waals surface area contributed by atoms with Crippen LogP contribution in [0.5, 0.6) is 0 Å². The maximum atomic E-state index is 5.67. The summed E-state index contributed by atoms with van der Waals surface area (Å²) >= 11 is 5.00. The van der Waals surface area contributed by atoms with E-state index >= 15 is 0 Å². The highest BCUT2D eigenvalue weighted by molar-refractivity contribution is 7.80. The maximum Gasteiger partial charge on any atom is 0.161 e. The van der Waals surface area contributed by atoms with E-state index < -0.39 is 0 Å². The van der Waals surface area contributed by atoms with Crippen molar-refractivity contribution >= 4 is 23.0 Å². The lowest BCUT2D eigenvalue weighted by Gasteiger charge is -2.29. The molecule has 0 aliphatic carbocycles. The highest BCUT2D eigenvalue weighted by atomic mass is 32.1. The van der Waals surface area contributed by atoms with Crippen molar-refractivity contribution in [1.82, 2.24) is 10.2 Å². The third-order valence-electron chi connectivity index (χ3n) is 2.88. The Balaban J connectivity index is 3.08. The SMILES string of the molecule is CC(C)C(C)N(C)c1nnccc1C(N)=S. The van der Waals surface area contributed by atoms with Crippen molar-refractivity contribution in [2.24, 2.45) is 11.7 Å². The zero-order valence-electron chi connectivity index (χ0n) is 10.1. The first kappa shape index (κ1) is 12.8. The number of hydrogen-bond donors (Lipinski definition) is 1. The van der Waals surface area contributed by atoms with Gasteiger partial charge in [-0.05, 0) is 18.9 Å². The minimum atomic E-state index is 0.352. The van der Waals surface area contributed by atoms with Crippen LogP contribution < -0.4 is 10.6 Å².